The molecule has 0 nitrogen and oxygen atoms in total. The molecular weight excluding hydrogens is 252 g/mol. The predicted molar refractivity (Wildman–Crippen MR) is 91.6 cm³/mol. The van der Waals surface area contributed by atoms with E-state index in [-0.39, 0.29) is 0 Å². The van der Waals surface area contributed by atoms with Gasteiger partial charge in [-0.1, -0.05) is 96.1 Å². The quantitative estimate of drug-likeness (QED) is 0.572. The first-order chi connectivity index (χ1) is 10.2. The monoisotopic (exact) mass is 274 g/mol. The first-order valence-electron chi connectivity index (χ1n) is 7.35. The second-order valence-electron chi connectivity index (χ2n) is 5.30. The SMILES string of the molecule is Cc1ccc(Cc2ccccc2)cc1.Cc1ccccc1. The van der Waals surface area contributed by atoms with Gasteiger partial charge in [-0.25, -0.2) is 0 Å². The average molecular weight is 274 g/mol. The van der Waals surface area contributed by atoms with Crippen molar-refractivity contribution in [1.29, 1.82) is 0 Å². The van der Waals surface area contributed by atoms with Crippen LogP contribution in [-0.4, -0.2) is 0 Å². The summed E-state index contributed by atoms with van der Waals surface area (Å²) >= 11 is 0. The maximum Gasteiger partial charge on any atom is -0.00258 e. The van der Waals surface area contributed by atoms with E-state index in [1.165, 1.54) is 22.3 Å². The van der Waals surface area contributed by atoms with Crippen LogP contribution in [0.25, 0.3) is 0 Å². The lowest BCUT2D eigenvalue weighted by molar-refractivity contribution is 1.19. The molecule has 0 N–H and O–H groups in total. The fraction of sp³-hybridized carbons (Fsp3) is 0.143. The molecule has 3 rings (SSSR count). The summed E-state index contributed by atoms with van der Waals surface area (Å²) in [6.07, 6.45) is 1.03. The molecular formula is C21H22. The molecule has 0 radical (unpaired) electrons. The Hall–Kier alpha value is -2.34. The Morgan fingerprint density at radius 1 is 0.476 bits per heavy atom. The van der Waals surface area contributed by atoms with Gasteiger partial charge in [-0.3, -0.25) is 0 Å². The van der Waals surface area contributed by atoms with Crippen LogP contribution in [0, 0.1) is 13.8 Å². The van der Waals surface area contributed by atoms with E-state index in [1.54, 1.807) is 0 Å². The second kappa shape index (κ2) is 8.06. The van der Waals surface area contributed by atoms with Crippen LogP contribution < -0.4 is 0 Å². The van der Waals surface area contributed by atoms with E-state index in [0.717, 1.165) is 6.42 Å². The van der Waals surface area contributed by atoms with Gasteiger partial charge in [0.2, 0.25) is 0 Å². The van der Waals surface area contributed by atoms with Crippen LogP contribution in [0.15, 0.2) is 84.9 Å². The zero-order chi connectivity index (χ0) is 14.9. The maximum atomic E-state index is 2.20. The van der Waals surface area contributed by atoms with Crippen LogP contribution in [-0.2, 0) is 6.42 Å². The maximum absolute atomic E-state index is 2.20. The number of hydrogen-bond donors (Lipinski definition) is 0. The molecule has 0 aliphatic carbocycles. The summed E-state index contributed by atoms with van der Waals surface area (Å²) in [4.78, 5) is 0. The minimum atomic E-state index is 1.03. The molecule has 21 heavy (non-hydrogen) atoms. The standard InChI is InChI=1S/C14H14.C7H8/c1-12-7-9-14(10-8-12)11-13-5-3-2-4-6-13;1-7-5-3-2-4-6-7/h2-10H,11H2,1H3;2-6H,1H3. The van der Waals surface area contributed by atoms with E-state index in [9.17, 15) is 0 Å². The summed E-state index contributed by atoms with van der Waals surface area (Å²) in [5.74, 6) is 0. The lowest BCUT2D eigenvalue weighted by Crippen LogP contribution is -1.86. The van der Waals surface area contributed by atoms with E-state index in [0.29, 0.717) is 0 Å². The van der Waals surface area contributed by atoms with Crippen molar-refractivity contribution >= 4 is 0 Å². The number of benzene rings is 3. The zero-order valence-electron chi connectivity index (χ0n) is 12.8. The predicted octanol–water partition coefficient (Wildman–Crippen LogP) is 5.58. The highest BCUT2D eigenvalue weighted by atomic mass is 14.0. The Kier molecular flexibility index (Phi) is 5.78. The molecule has 0 saturated carbocycles. The van der Waals surface area contributed by atoms with Gasteiger partial charge >= 0.3 is 0 Å². The van der Waals surface area contributed by atoms with Crippen LogP contribution in [0.3, 0.4) is 0 Å². The van der Waals surface area contributed by atoms with Crippen LogP contribution in [0.4, 0.5) is 0 Å². The Morgan fingerprint density at radius 3 is 1.38 bits per heavy atom. The van der Waals surface area contributed by atoms with Gasteiger partial charge in [0, 0.05) is 0 Å². The molecule has 0 atom stereocenters. The van der Waals surface area contributed by atoms with Gasteiger partial charge in [-0.2, -0.15) is 0 Å². The Balaban J connectivity index is 0.000000194. The molecule has 0 saturated heterocycles. The van der Waals surface area contributed by atoms with Gasteiger partial charge in [0.15, 0.2) is 0 Å². The lowest BCUT2D eigenvalue weighted by atomic mass is 10.0. The summed E-state index contributed by atoms with van der Waals surface area (Å²) in [5.41, 5.74) is 5.39. The molecule has 0 heteroatoms. The molecule has 0 heterocycles. The summed E-state index contributed by atoms with van der Waals surface area (Å²) in [5, 5.41) is 0. The van der Waals surface area contributed by atoms with Crippen LogP contribution in [0.5, 0.6) is 0 Å². The first-order valence-corrected chi connectivity index (χ1v) is 7.35. The molecule has 0 aromatic heterocycles. The van der Waals surface area contributed by atoms with Crippen molar-refractivity contribution in [2.24, 2.45) is 0 Å². The normalized spacial score (nSPS) is 9.62. The van der Waals surface area contributed by atoms with E-state index >= 15 is 0 Å². The molecule has 0 amide bonds. The van der Waals surface area contributed by atoms with E-state index < -0.39 is 0 Å². The highest BCUT2D eigenvalue weighted by Gasteiger charge is 1.94. The Morgan fingerprint density at radius 2 is 0.905 bits per heavy atom. The van der Waals surface area contributed by atoms with Gasteiger partial charge < -0.3 is 0 Å². The number of hydrogen-bond acceptors (Lipinski definition) is 0. The van der Waals surface area contributed by atoms with Gasteiger partial charge in [-0.05, 0) is 31.4 Å². The largest absolute Gasteiger partial charge is 0.0622 e. The molecule has 0 fully saturated rings. The zero-order valence-corrected chi connectivity index (χ0v) is 12.8. The lowest BCUT2D eigenvalue weighted by Gasteiger charge is -2.01. The van der Waals surface area contributed by atoms with Crippen molar-refractivity contribution in [3.63, 3.8) is 0 Å². The number of rotatable bonds is 2. The van der Waals surface area contributed by atoms with Gasteiger partial charge in [-0.15, -0.1) is 0 Å². The van der Waals surface area contributed by atoms with E-state index in [2.05, 4.69) is 80.6 Å². The molecule has 3 aromatic rings. The smallest absolute Gasteiger partial charge is 0.00258 e. The summed E-state index contributed by atoms with van der Waals surface area (Å²) in [6, 6.07) is 29.5. The fourth-order valence-electron chi connectivity index (χ4n) is 2.07. The molecule has 3 aromatic carbocycles. The minimum absolute atomic E-state index is 1.03. The van der Waals surface area contributed by atoms with Crippen LogP contribution in [0.1, 0.15) is 22.3 Å². The van der Waals surface area contributed by atoms with Crippen molar-refractivity contribution in [2.75, 3.05) is 0 Å². The summed E-state index contributed by atoms with van der Waals surface area (Å²) < 4.78 is 0. The van der Waals surface area contributed by atoms with Gasteiger partial charge in [0.25, 0.3) is 0 Å². The summed E-state index contributed by atoms with van der Waals surface area (Å²) in [7, 11) is 0. The van der Waals surface area contributed by atoms with Crippen molar-refractivity contribution in [3.05, 3.63) is 107 Å². The molecule has 0 spiro atoms. The second-order valence-corrected chi connectivity index (χ2v) is 5.30. The van der Waals surface area contributed by atoms with Crippen molar-refractivity contribution < 1.29 is 0 Å². The van der Waals surface area contributed by atoms with Crippen molar-refractivity contribution in [1.82, 2.24) is 0 Å². The molecule has 0 aliphatic rings. The molecule has 0 unspecified atom stereocenters. The van der Waals surface area contributed by atoms with Crippen molar-refractivity contribution in [3.8, 4) is 0 Å². The molecule has 106 valence electrons. The Labute approximate surface area is 128 Å². The van der Waals surface area contributed by atoms with E-state index in [4.69, 9.17) is 0 Å². The summed E-state index contributed by atoms with van der Waals surface area (Å²) in [6.45, 7) is 4.20. The van der Waals surface area contributed by atoms with E-state index in [1.807, 2.05) is 18.2 Å². The van der Waals surface area contributed by atoms with Crippen molar-refractivity contribution in [2.45, 2.75) is 20.3 Å². The molecule has 0 aliphatic heterocycles. The third kappa shape index (κ3) is 5.66. The topological polar surface area (TPSA) is 0 Å². The highest BCUT2D eigenvalue weighted by Crippen LogP contribution is 2.09. The third-order valence-electron chi connectivity index (χ3n) is 3.31. The fourth-order valence-corrected chi connectivity index (χ4v) is 2.07. The average Bonchev–Trinajstić information content (AvgIpc) is 2.52. The van der Waals surface area contributed by atoms with Crippen LogP contribution >= 0.6 is 0 Å². The first kappa shape index (κ1) is 15.1. The third-order valence-corrected chi connectivity index (χ3v) is 3.31. The Bertz CT molecular complexity index is 622. The minimum Gasteiger partial charge on any atom is -0.0622 e. The molecule has 0 bridgehead atoms. The number of aryl methyl sites for hydroxylation is 2. The van der Waals surface area contributed by atoms with Crippen LogP contribution in [0.2, 0.25) is 0 Å². The van der Waals surface area contributed by atoms with Gasteiger partial charge in [0.1, 0.15) is 0 Å². The van der Waals surface area contributed by atoms with Gasteiger partial charge in [0.05, 0.1) is 0 Å². The highest BCUT2D eigenvalue weighted by molar-refractivity contribution is 5.28.